The molecule has 4 aromatic rings. The Bertz CT molecular complexity index is 1300. The van der Waals surface area contributed by atoms with E-state index < -0.39 is 0 Å². The number of aliphatic imine (C=N–C) groups is 1. The second-order valence-electron chi connectivity index (χ2n) is 6.54. The van der Waals surface area contributed by atoms with Crippen LogP contribution in [0.5, 0.6) is 17.2 Å². The van der Waals surface area contributed by atoms with Gasteiger partial charge in [-0.25, -0.2) is 4.98 Å². The maximum atomic E-state index is 10.2. The molecule has 3 aromatic carbocycles. The summed E-state index contributed by atoms with van der Waals surface area (Å²) < 4.78 is 12.0. The molecule has 4 rings (SSSR count). The summed E-state index contributed by atoms with van der Waals surface area (Å²) in [6.45, 7) is 1.99. The van der Waals surface area contributed by atoms with Crippen LogP contribution in [0, 0.1) is 6.92 Å². The van der Waals surface area contributed by atoms with Crippen molar-refractivity contribution in [2.75, 3.05) is 7.11 Å². The molecule has 0 saturated heterocycles. The summed E-state index contributed by atoms with van der Waals surface area (Å²) >= 11 is 6.40. The predicted molar refractivity (Wildman–Crippen MR) is 123 cm³/mol. The van der Waals surface area contributed by atoms with Crippen molar-refractivity contribution in [2.24, 2.45) is 4.99 Å². The van der Waals surface area contributed by atoms with Crippen molar-refractivity contribution in [1.82, 2.24) is 4.98 Å². The van der Waals surface area contributed by atoms with Crippen molar-refractivity contribution in [3.05, 3.63) is 62.5 Å². The van der Waals surface area contributed by atoms with Crippen LogP contribution in [0.2, 0.25) is 0 Å². The van der Waals surface area contributed by atoms with E-state index in [2.05, 4.69) is 41.8 Å². The van der Waals surface area contributed by atoms with Gasteiger partial charge in [0.05, 0.1) is 11.6 Å². The van der Waals surface area contributed by atoms with Gasteiger partial charge < -0.3 is 19.4 Å². The summed E-state index contributed by atoms with van der Waals surface area (Å²) in [7, 11) is 1.56. The lowest BCUT2D eigenvalue weighted by molar-refractivity contribution is 0.416. The van der Waals surface area contributed by atoms with Gasteiger partial charge in [-0.3, -0.25) is 4.99 Å². The van der Waals surface area contributed by atoms with E-state index in [-0.39, 0.29) is 16.0 Å². The Hall–Kier alpha value is -2.84. The largest absolute Gasteiger partial charge is 0.506 e. The fourth-order valence-electron chi connectivity index (χ4n) is 2.98. The second-order valence-corrected chi connectivity index (χ2v) is 8.19. The van der Waals surface area contributed by atoms with E-state index in [9.17, 15) is 10.2 Å². The van der Waals surface area contributed by atoms with Gasteiger partial charge in [-0.2, -0.15) is 0 Å². The maximum absolute atomic E-state index is 10.2. The average molecular weight is 532 g/mol. The zero-order valence-electron chi connectivity index (χ0n) is 16.0. The first-order chi connectivity index (χ1) is 14.4. The maximum Gasteiger partial charge on any atom is 0.227 e. The molecule has 0 spiro atoms. The van der Waals surface area contributed by atoms with Gasteiger partial charge in [-0.15, -0.1) is 0 Å². The number of ether oxygens (including phenoxy) is 1. The molecule has 6 nitrogen and oxygen atoms in total. The quantitative estimate of drug-likeness (QED) is 0.293. The minimum Gasteiger partial charge on any atom is -0.506 e. The van der Waals surface area contributed by atoms with Gasteiger partial charge in [0.1, 0.15) is 32.9 Å². The normalized spacial score (nSPS) is 11.5. The molecule has 0 aliphatic carbocycles. The first kappa shape index (κ1) is 20.4. The molecule has 0 bridgehead atoms. The number of oxazole rings is 1. The summed E-state index contributed by atoms with van der Waals surface area (Å²) in [5.41, 5.74) is 4.35. The van der Waals surface area contributed by atoms with E-state index in [1.54, 1.807) is 25.3 Å². The molecular formula is C22H16Br2N2O4. The molecular weight excluding hydrogens is 516 g/mol. The van der Waals surface area contributed by atoms with E-state index in [1.807, 2.05) is 31.2 Å². The number of phenolic OH excluding ortho intramolecular Hbond substituents is 2. The zero-order valence-corrected chi connectivity index (χ0v) is 19.2. The molecule has 30 heavy (non-hydrogen) atoms. The van der Waals surface area contributed by atoms with Gasteiger partial charge in [0.25, 0.3) is 0 Å². The highest BCUT2D eigenvalue weighted by atomic mass is 79.9. The first-order valence-electron chi connectivity index (χ1n) is 8.87. The molecule has 0 fully saturated rings. The highest BCUT2D eigenvalue weighted by molar-refractivity contribution is 9.11. The number of fused-ring (bicyclic) bond motifs is 1. The zero-order chi connectivity index (χ0) is 21.4. The van der Waals surface area contributed by atoms with Crippen LogP contribution >= 0.6 is 31.9 Å². The lowest BCUT2D eigenvalue weighted by atomic mass is 10.1. The fraction of sp³-hybridized carbons (Fsp3) is 0.0909. The van der Waals surface area contributed by atoms with E-state index in [0.717, 1.165) is 22.2 Å². The van der Waals surface area contributed by atoms with Gasteiger partial charge in [0.15, 0.2) is 5.58 Å². The van der Waals surface area contributed by atoms with Gasteiger partial charge in [0.2, 0.25) is 5.89 Å². The Morgan fingerprint density at radius 1 is 1.10 bits per heavy atom. The number of hydrogen-bond acceptors (Lipinski definition) is 6. The Morgan fingerprint density at radius 3 is 2.63 bits per heavy atom. The summed E-state index contributed by atoms with van der Waals surface area (Å²) in [5, 5.41) is 20.1. The van der Waals surface area contributed by atoms with Gasteiger partial charge in [-0.05, 0) is 74.7 Å². The van der Waals surface area contributed by atoms with Crippen LogP contribution in [0.4, 0.5) is 5.69 Å². The lowest BCUT2D eigenvalue weighted by Crippen LogP contribution is -1.88. The molecule has 0 atom stereocenters. The number of halogens is 2. The Kier molecular flexibility index (Phi) is 5.53. The number of methoxy groups -OCH3 is 1. The molecule has 8 heteroatoms. The number of rotatable bonds is 4. The minimum atomic E-state index is -0.114. The van der Waals surface area contributed by atoms with Gasteiger partial charge in [0, 0.05) is 17.3 Å². The Morgan fingerprint density at radius 2 is 1.90 bits per heavy atom. The van der Waals surface area contributed by atoms with Crippen molar-refractivity contribution < 1.29 is 19.4 Å². The van der Waals surface area contributed by atoms with Gasteiger partial charge in [-0.1, -0.05) is 12.1 Å². The van der Waals surface area contributed by atoms with Crippen molar-refractivity contribution in [1.29, 1.82) is 0 Å². The SMILES string of the molecule is COc1cc(-c2nc3c(C)cccc3o2)ccc1N=Cc1cc(Br)c(O)c(Br)c1O. The molecule has 0 amide bonds. The van der Waals surface area contributed by atoms with Crippen LogP contribution < -0.4 is 4.74 Å². The third kappa shape index (κ3) is 3.68. The average Bonchev–Trinajstić information content (AvgIpc) is 3.19. The topological polar surface area (TPSA) is 88.1 Å². The van der Waals surface area contributed by atoms with Crippen molar-refractivity contribution >= 4 is 54.9 Å². The molecule has 0 aliphatic heterocycles. The molecule has 1 heterocycles. The monoisotopic (exact) mass is 530 g/mol. The Labute approximate surface area is 189 Å². The summed E-state index contributed by atoms with van der Waals surface area (Å²) in [5.74, 6) is 0.827. The number of aryl methyl sites for hydroxylation is 1. The molecule has 0 radical (unpaired) electrons. The number of phenols is 2. The summed E-state index contributed by atoms with van der Waals surface area (Å²) in [6.07, 6.45) is 1.49. The number of para-hydroxylation sites is 1. The number of benzene rings is 3. The highest BCUT2D eigenvalue weighted by Crippen LogP contribution is 2.41. The second kappa shape index (κ2) is 8.12. The van der Waals surface area contributed by atoms with Crippen LogP contribution in [0.15, 0.2) is 60.8 Å². The minimum absolute atomic E-state index is 0.0832. The van der Waals surface area contributed by atoms with E-state index >= 15 is 0 Å². The van der Waals surface area contributed by atoms with E-state index in [0.29, 0.717) is 27.4 Å². The van der Waals surface area contributed by atoms with Crippen LogP contribution in [0.3, 0.4) is 0 Å². The summed E-state index contributed by atoms with van der Waals surface area (Å²) in [6, 6.07) is 12.8. The lowest BCUT2D eigenvalue weighted by Gasteiger charge is -2.08. The van der Waals surface area contributed by atoms with Crippen molar-refractivity contribution in [2.45, 2.75) is 6.92 Å². The molecule has 2 N–H and O–H groups in total. The number of hydrogen-bond donors (Lipinski definition) is 2. The molecule has 1 aromatic heterocycles. The first-order valence-corrected chi connectivity index (χ1v) is 10.5. The number of nitrogens with zero attached hydrogens (tertiary/aromatic N) is 2. The van der Waals surface area contributed by atoms with E-state index in [1.165, 1.54) is 6.21 Å². The standard InChI is InChI=1S/C22H16Br2N2O4/c1-11-4-3-5-16-19(11)26-22(30-16)12-6-7-15(17(9-12)29-2)25-10-13-8-14(23)21(28)18(24)20(13)27/h3-10,27-28H,1-2H3. The van der Waals surface area contributed by atoms with Crippen LogP contribution in [0.25, 0.3) is 22.6 Å². The third-order valence-corrected chi connectivity index (χ3v) is 5.94. The van der Waals surface area contributed by atoms with Crippen LogP contribution in [-0.4, -0.2) is 28.5 Å². The van der Waals surface area contributed by atoms with E-state index in [4.69, 9.17) is 9.15 Å². The highest BCUT2D eigenvalue weighted by Gasteiger charge is 2.14. The fourth-order valence-corrected chi connectivity index (χ4v) is 4.13. The van der Waals surface area contributed by atoms with Crippen molar-refractivity contribution in [3.8, 4) is 28.7 Å². The summed E-state index contributed by atoms with van der Waals surface area (Å²) in [4.78, 5) is 9.02. The van der Waals surface area contributed by atoms with Crippen molar-refractivity contribution in [3.63, 3.8) is 0 Å². The molecule has 0 unspecified atom stereocenters. The van der Waals surface area contributed by atoms with Gasteiger partial charge >= 0.3 is 0 Å². The molecule has 0 aliphatic rings. The molecule has 152 valence electrons. The number of aromatic nitrogens is 1. The smallest absolute Gasteiger partial charge is 0.227 e. The Balaban J connectivity index is 1.71. The molecule has 0 saturated carbocycles. The number of aromatic hydroxyl groups is 2. The van der Waals surface area contributed by atoms with Crippen LogP contribution in [-0.2, 0) is 0 Å². The predicted octanol–water partition coefficient (Wildman–Crippen LogP) is 6.50. The van der Waals surface area contributed by atoms with Crippen LogP contribution in [0.1, 0.15) is 11.1 Å². The third-order valence-electron chi connectivity index (χ3n) is 4.59.